The van der Waals surface area contributed by atoms with Gasteiger partial charge in [0.2, 0.25) is 0 Å². The summed E-state index contributed by atoms with van der Waals surface area (Å²) >= 11 is 0. The number of methoxy groups -OCH3 is 1. The van der Waals surface area contributed by atoms with Crippen LogP contribution in [0.4, 0.5) is 17.6 Å². The molecule has 3 nitrogen and oxygen atoms in total. The first kappa shape index (κ1) is 17.8. The summed E-state index contributed by atoms with van der Waals surface area (Å²) in [4.78, 5) is 14.3. The van der Waals surface area contributed by atoms with Crippen molar-refractivity contribution >= 4 is 5.91 Å². The van der Waals surface area contributed by atoms with Crippen molar-refractivity contribution in [3.05, 3.63) is 34.4 Å². The van der Waals surface area contributed by atoms with E-state index in [9.17, 15) is 22.4 Å². The van der Waals surface area contributed by atoms with Crippen molar-refractivity contribution in [2.45, 2.75) is 52.3 Å². The van der Waals surface area contributed by atoms with Crippen LogP contribution in [-0.2, 0) is 4.74 Å². The monoisotopic (exact) mass is 371 g/mol. The van der Waals surface area contributed by atoms with Gasteiger partial charge in [0.25, 0.3) is 5.91 Å². The maximum absolute atomic E-state index is 14.4. The lowest BCUT2D eigenvalue weighted by molar-refractivity contribution is -0.0640. The van der Waals surface area contributed by atoms with Gasteiger partial charge in [0.15, 0.2) is 29.5 Å². The number of benzene rings is 1. The second-order valence-electron chi connectivity index (χ2n) is 8.47. The molecule has 2 saturated carbocycles. The van der Waals surface area contributed by atoms with Gasteiger partial charge in [-0.3, -0.25) is 4.79 Å². The van der Waals surface area contributed by atoms with Gasteiger partial charge in [-0.05, 0) is 36.0 Å². The van der Waals surface area contributed by atoms with Gasteiger partial charge in [-0.2, -0.15) is 0 Å². The number of amides is 1. The third kappa shape index (κ3) is 1.80. The number of ether oxygens (including phenoxy) is 1. The smallest absolute Gasteiger partial charge is 0.260 e. The van der Waals surface area contributed by atoms with E-state index in [4.69, 9.17) is 4.74 Å². The molecule has 1 aliphatic heterocycles. The fourth-order valence-electron chi connectivity index (χ4n) is 5.58. The Morgan fingerprint density at radius 3 is 2.15 bits per heavy atom. The van der Waals surface area contributed by atoms with Crippen molar-refractivity contribution < 1.29 is 27.1 Å². The van der Waals surface area contributed by atoms with Crippen LogP contribution in [0.1, 0.15) is 62.2 Å². The third-order valence-corrected chi connectivity index (χ3v) is 7.56. The highest BCUT2D eigenvalue weighted by molar-refractivity contribution is 5.99. The molecular formula is C19H21F4NO2. The molecule has 0 saturated heterocycles. The second-order valence-corrected chi connectivity index (χ2v) is 8.47. The molecule has 0 aromatic heterocycles. The van der Waals surface area contributed by atoms with Crippen LogP contribution in [0.3, 0.4) is 0 Å². The Hall–Kier alpha value is -1.63. The van der Waals surface area contributed by atoms with Crippen LogP contribution < -0.4 is 0 Å². The fourth-order valence-corrected chi connectivity index (χ4v) is 5.58. The first-order valence-electron chi connectivity index (χ1n) is 8.79. The largest absolute Gasteiger partial charge is 0.357 e. The molecule has 2 fully saturated rings. The van der Waals surface area contributed by atoms with Crippen molar-refractivity contribution in [1.29, 1.82) is 0 Å². The van der Waals surface area contributed by atoms with Crippen LogP contribution in [-0.4, -0.2) is 24.0 Å². The number of nitrogens with zero attached hydrogens (tertiary/aromatic N) is 1. The van der Waals surface area contributed by atoms with Crippen LogP contribution in [0.25, 0.3) is 0 Å². The molecule has 0 spiro atoms. The molecule has 2 aliphatic carbocycles. The normalized spacial score (nSPS) is 34.7. The molecule has 4 atom stereocenters. The SMILES string of the molecule is COC1c2c(F)c(F)c(F)c(F)c2C(=O)N1[C@H]1C[C@H]2CC[C@]1(C)C2(C)C. The Labute approximate surface area is 149 Å². The molecule has 1 heterocycles. The van der Waals surface area contributed by atoms with E-state index in [0.717, 1.165) is 12.8 Å². The van der Waals surface area contributed by atoms with Crippen LogP contribution in [0.5, 0.6) is 0 Å². The quantitative estimate of drug-likeness (QED) is 0.433. The third-order valence-electron chi connectivity index (χ3n) is 7.56. The number of carbonyl (C=O) groups excluding carboxylic acids is 1. The Morgan fingerprint density at radius 2 is 1.65 bits per heavy atom. The lowest BCUT2D eigenvalue weighted by Crippen LogP contribution is -2.49. The number of hydrogen-bond acceptors (Lipinski definition) is 2. The highest BCUT2D eigenvalue weighted by Gasteiger charge is 2.65. The molecule has 1 unspecified atom stereocenters. The van der Waals surface area contributed by atoms with Crippen molar-refractivity contribution in [3.63, 3.8) is 0 Å². The maximum atomic E-state index is 14.4. The van der Waals surface area contributed by atoms with E-state index in [1.54, 1.807) is 0 Å². The highest BCUT2D eigenvalue weighted by atomic mass is 19.2. The summed E-state index contributed by atoms with van der Waals surface area (Å²) in [7, 11) is 1.25. The summed E-state index contributed by atoms with van der Waals surface area (Å²) < 4.78 is 61.5. The molecule has 0 radical (unpaired) electrons. The van der Waals surface area contributed by atoms with E-state index in [1.807, 2.05) is 0 Å². The number of rotatable bonds is 2. The van der Waals surface area contributed by atoms with E-state index in [2.05, 4.69) is 20.8 Å². The Balaban J connectivity index is 1.87. The molecule has 0 N–H and O–H groups in total. The second kappa shape index (κ2) is 5.21. The standard InChI is InChI=1S/C19H21F4NO2/c1-18(2)8-5-6-19(18,3)9(7-8)24-16(25)10-11(17(24)26-4)13(21)15(23)14(22)12(10)20/h8-9,17H,5-7H2,1-4H3/t8-,9+,17?,19+/m1/s1. The summed E-state index contributed by atoms with van der Waals surface area (Å²) in [5, 5.41) is 0. The van der Waals surface area contributed by atoms with Crippen LogP contribution in [0.2, 0.25) is 0 Å². The minimum absolute atomic E-state index is 0.0569. The first-order chi connectivity index (χ1) is 12.1. The van der Waals surface area contributed by atoms with Crippen LogP contribution >= 0.6 is 0 Å². The van der Waals surface area contributed by atoms with Crippen molar-refractivity contribution in [2.75, 3.05) is 7.11 Å². The van der Waals surface area contributed by atoms with Crippen molar-refractivity contribution in [2.24, 2.45) is 16.7 Å². The molecule has 1 aromatic rings. The predicted octanol–water partition coefficient (Wildman–Crippen LogP) is 4.56. The molecule has 7 heteroatoms. The zero-order valence-corrected chi connectivity index (χ0v) is 15.1. The molecule has 2 bridgehead atoms. The zero-order chi connectivity index (χ0) is 19.2. The van der Waals surface area contributed by atoms with Crippen molar-refractivity contribution in [3.8, 4) is 0 Å². The first-order valence-corrected chi connectivity index (χ1v) is 8.79. The molecule has 3 aliphatic rings. The van der Waals surface area contributed by atoms with Gasteiger partial charge >= 0.3 is 0 Å². The van der Waals surface area contributed by atoms with Crippen LogP contribution in [0, 0.1) is 40.0 Å². The minimum atomic E-state index is -1.97. The Morgan fingerprint density at radius 1 is 1.04 bits per heavy atom. The van der Waals surface area contributed by atoms with Gasteiger partial charge in [-0.1, -0.05) is 20.8 Å². The van der Waals surface area contributed by atoms with E-state index in [-0.39, 0.29) is 16.9 Å². The van der Waals surface area contributed by atoms with Gasteiger partial charge < -0.3 is 9.64 Å². The van der Waals surface area contributed by atoms with Crippen molar-refractivity contribution in [1.82, 2.24) is 4.90 Å². The van der Waals surface area contributed by atoms with Gasteiger partial charge in [0.05, 0.1) is 11.1 Å². The molecular weight excluding hydrogens is 350 g/mol. The Bertz CT molecular complexity index is 824. The Kier molecular flexibility index (Phi) is 3.56. The number of carbonyl (C=O) groups is 1. The summed E-state index contributed by atoms with van der Waals surface area (Å²) in [6.07, 6.45) is 1.31. The van der Waals surface area contributed by atoms with Crippen LogP contribution in [0.15, 0.2) is 0 Å². The van der Waals surface area contributed by atoms with Gasteiger partial charge in [-0.25, -0.2) is 17.6 Å². The molecule has 1 aromatic carbocycles. The van der Waals surface area contributed by atoms with E-state index < -0.39 is 46.5 Å². The zero-order valence-electron chi connectivity index (χ0n) is 15.1. The summed E-state index contributed by atoms with van der Waals surface area (Å²) in [5.74, 6) is -7.56. The molecule has 142 valence electrons. The van der Waals surface area contributed by atoms with E-state index >= 15 is 0 Å². The lowest BCUT2D eigenvalue weighted by Gasteiger charge is -2.44. The molecule has 4 rings (SSSR count). The number of halogens is 4. The average molecular weight is 371 g/mol. The van der Waals surface area contributed by atoms with E-state index in [1.165, 1.54) is 12.0 Å². The summed E-state index contributed by atoms with van der Waals surface area (Å²) in [6, 6.07) is -0.314. The number of fused-ring (bicyclic) bond motifs is 3. The topological polar surface area (TPSA) is 29.5 Å². The summed E-state index contributed by atoms with van der Waals surface area (Å²) in [6.45, 7) is 6.35. The van der Waals surface area contributed by atoms with Gasteiger partial charge in [0.1, 0.15) is 0 Å². The predicted molar refractivity (Wildman–Crippen MR) is 85.2 cm³/mol. The lowest BCUT2D eigenvalue weighted by atomic mass is 9.69. The van der Waals surface area contributed by atoms with Gasteiger partial charge in [0, 0.05) is 13.2 Å². The molecule has 1 amide bonds. The number of hydrogen-bond donors (Lipinski definition) is 0. The summed E-state index contributed by atoms with van der Waals surface area (Å²) in [5.41, 5.74) is -1.62. The molecule has 26 heavy (non-hydrogen) atoms. The minimum Gasteiger partial charge on any atom is -0.357 e. The fraction of sp³-hybridized carbons (Fsp3) is 0.632. The highest BCUT2D eigenvalue weighted by Crippen LogP contribution is 2.67. The van der Waals surface area contributed by atoms with E-state index in [0.29, 0.717) is 12.3 Å². The van der Waals surface area contributed by atoms with Gasteiger partial charge in [-0.15, -0.1) is 0 Å². The average Bonchev–Trinajstić information content (AvgIpc) is 3.09. The maximum Gasteiger partial charge on any atom is 0.260 e.